The molecule has 0 aliphatic carbocycles. The molecule has 1 aromatic carbocycles. The van der Waals surface area contributed by atoms with Gasteiger partial charge >= 0.3 is 0 Å². The number of benzene rings is 1. The van der Waals surface area contributed by atoms with E-state index in [1.807, 2.05) is 0 Å². The van der Waals surface area contributed by atoms with Crippen molar-refractivity contribution in [3.05, 3.63) is 30.3 Å². The molecule has 20 heavy (non-hydrogen) atoms. The predicted molar refractivity (Wildman–Crippen MR) is 85.8 cm³/mol. The summed E-state index contributed by atoms with van der Waals surface area (Å²) >= 11 is 0. The Morgan fingerprint density at radius 1 is 0.850 bits per heavy atom. The van der Waals surface area contributed by atoms with E-state index >= 15 is 0 Å². The standard InChI is InChI=1S/C15H26O3SSi/c1-12(2)20(13(3)4,14(5)6)18-19(16,17)15-10-8-7-9-11-15/h7-14H,1-6H3. The third-order valence-electron chi connectivity index (χ3n) is 3.99. The van der Waals surface area contributed by atoms with Gasteiger partial charge in [0.15, 0.2) is 0 Å². The molecular weight excluding hydrogens is 288 g/mol. The Kier molecular flexibility index (Phi) is 5.58. The van der Waals surface area contributed by atoms with Crippen LogP contribution >= 0.6 is 0 Å². The zero-order valence-corrected chi connectivity index (χ0v) is 15.1. The van der Waals surface area contributed by atoms with Gasteiger partial charge in [-0.3, -0.25) is 0 Å². The SMILES string of the molecule is CC(C)[Si](OS(=O)(=O)c1ccccc1)(C(C)C)C(C)C. The van der Waals surface area contributed by atoms with E-state index < -0.39 is 18.4 Å². The van der Waals surface area contributed by atoms with E-state index in [2.05, 4.69) is 41.5 Å². The summed E-state index contributed by atoms with van der Waals surface area (Å²) < 4.78 is 31.1. The molecule has 0 spiro atoms. The van der Waals surface area contributed by atoms with Gasteiger partial charge in [0.05, 0.1) is 4.90 Å². The van der Waals surface area contributed by atoms with Crippen LogP contribution in [0.1, 0.15) is 41.5 Å². The van der Waals surface area contributed by atoms with Crippen molar-refractivity contribution in [3.8, 4) is 0 Å². The molecule has 3 nitrogen and oxygen atoms in total. The van der Waals surface area contributed by atoms with Gasteiger partial charge in [-0.1, -0.05) is 59.7 Å². The first-order chi connectivity index (χ1) is 9.14. The first-order valence-corrected chi connectivity index (χ1v) is 10.7. The highest BCUT2D eigenvalue weighted by Gasteiger charge is 2.49. The van der Waals surface area contributed by atoms with Gasteiger partial charge in [0, 0.05) is 0 Å². The van der Waals surface area contributed by atoms with Crippen molar-refractivity contribution in [3.63, 3.8) is 0 Å². The van der Waals surface area contributed by atoms with Crippen LogP contribution < -0.4 is 0 Å². The zero-order valence-electron chi connectivity index (χ0n) is 13.3. The van der Waals surface area contributed by atoms with E-state index in [1.54, 1.807) is 30.3 Å². The summed E-state index contributed by atoms with van der Waals surface area (Å²) in [5.74, 6) is 0. The molecular formula is C15H26O3SSi. The Hall–Kier alpha value is -0.653. The van der Waals surface area contributed by atoms with Gasteiger partial charge in [0.25, 0.3) is 10.1 Å². The predicted octanol–water partition coefficient (Wildman–Crippen LogP) is 4.57. The quantitative estimate of drug-likeness (QED) is 0.723. The maximum atomic E-state index is 12.6. The third-order valence-corrected chi connectivity index (χ3v) is 12.3. The lowest BCUT2D eigenvalue weighted by Crippen LogP contribution is -2.49. The zero-order chi connectivity index (χ0) is 15.6. The van der Waals surface area contributed by atoms with Crippen molar-refractivity contribution in [1.29, 1.82) is 0 Å². The normalized spacial score (nSPS) is 13.4. The van der Waals surface area contributed by atoms with Gasteiger partial charge in [0.1, 0.15) is 0 Å². The minimum absolute atomic E-state index is 0.237. The minimum atomic E-state index is -3.69. The van der Waals surface area contributed by atoms with Crippen molar-refractivity contribution in [2.45, 2.75) is 63.1 Å². The Bertz CT molecular complexity index is 500. The minimum Gasteiger partial charge on any atom is -0.310 e. The molecule has 5 heteroatoms. The molecule has 0 N–H and O–H groups in total. The molecule has 0 aromatic heterocycles. The molecule has 0 aliphatic rings. The van der Waals surface area contributed by atoms with E-state index in [0.717, 1.165) is 0 Å². The van der Waals surface area contributed by atoms with Gasteiger partial charge in [-0.15, -0.1) is 0 Å². The van der Waals surface area contributed by atoms with Crippen LogP contribution in [0, 0.1) is 0 Å². The van der Waals surface area contributed by atoms with Crippen LogP contribution in [0.3, 0.4) is 0 Å². The molecule has 0 saturated heterocycles. The second kappa shape index (κ2) is 6.41. The van der Waals surface area contributed by atoms with Gasteiger partial charge < -0.3 is 3.87 Å². The van der Waals surface area contributed by atoms with Crippen LogP contribution in [0.2, 0.25) is 16.6 Å². The van der Waals surface area contributed by atoms with Gasteiger partial charge in [-0.25, -0.2) is 0 Å². The lowest BCUT2D eigenvalue weighted by atomic mass is 10.4. The molecule has 0 heterocycles. The van der Waals surface area contributed by atoms with E-state index in [4.69, 9.17) is 3.87 Å². The maximum Gasteiger partial charge on any atom is 0.287 e. The van der Waals surface area contributed by atoms with Crippen LogP contribution in [0.5, 0.6) is 0 Å². The van der Waals surface area contributed by atoms with Gasteiger partial charge in [0.2, 0.25) is 8.32 Å². The highest BCUT2D eigenvalue weighted by Crippen LogP contribution is 2.44. The highest BCUT2D eigenvalue weighted by molar-refractivity contribution is 7.87. The monoisotopic (exact) mass is 314 g/mol. The molecule has 0 amide bonds. The Morgan fingerprint density at radius 2 is 1.25 bits per heavy atom. The molecule has 0 unspecified atom stereocenters. The van der Waals surface area contributed by atoms with Crippen molar-refractivity contribution in [1.82, 2.24) is 0 Å². The van der Waals surface area contributed by atoms with Crippen molar-refractivity contribution in [2.24, 2.45) is 0 Å². The molecule has 114 valence electrons. The second-order valence-electron chi connectivity index (χ2n) is 6.17. The van der Waals surface area contributed by atoms with Crippen LogP contribution in [-0.2, 0) is 14.0 Å². The van der Waals surface area contributed by atoms with Crippen LogP contribution in [0.4, 0.5) is 0 Å². The first kappa shape index (κ1) is 17.4. The fourth-order valence-corrected chi connectivity index (χ4v) is 11.8. The lowest BCUT2D eigenvalue weighted by Gasteiger charge is -2.40. The van der Waals surface area contributed by atoms with E-state index in [9.17, 15) is 8.42 Å². The fourth-order valence-electron chi connectivity index (χ4n) is 3.11. The summed E-state index contributed by atoms with van der Waals surface area (Å²) in [6, 6.07) is 8.43. The van der Waals surface area contributed by atoms with Crippen LogP contribution in [-0.4, -0.2) is 16.7 Å². The third kappa shape index (κ3) is 3.32. The number of hydrogen-bond donors (Lipinski definition) is 0. The second-order valence-corrected chi connectivity index (χ2v) is 13.4. The first-order valence-electron chi connectivity index (χ1n) is 7.15. The average molecular weight is 315 g/mol. The van der Waals surface area contributed by atoms with Crippen molar-refractivity contribution >= 4 is 18.4 Å². The molecule has 0 fully saturated rings. The fraction of sp³-hybridized carbons (Fsp3) is 0.600. The van der Waals surface area contributed by atoms with E-state index in [1.165, 1.54) is 0 Å². The van der Waals surface area contributed by atoms with Crippen molar-refractivity contribution in [2.75, 3.05) is 0 Å². The lowest BCUT2D eigenvalue weighted by molar-refractivity contribution is 0.447. The van der Waals surface area contributed by atoms with E-state index in [-0.39, 0.29) is 21.5 Å². The largest absolute Gasteiger partial charge is 0.310 e. The summed E-state index contributed by atoms with van der Waals surface area (Å²) in [4.78, 5) is 0.249. The molecule has 0 radical (unpaired) electrons. The van der Waals surface area contributed by atoms with E-state index in [0.29, 0.717) is 0 Å². The molecule has 0 atom stereocenters. The molecule has 1 aromatic rings. The smallest absolute Gasteiger partial charge is 0.287 e. The molecule has 0 saturated carbocycles. The number of rotatable bonds is 6. The van der Waals surface area contributed by atoms with Crippen molar-refractivity contribution < 1.29 is 12.3 Å². The molecule has 0 bridgehead atoms. The average Bonchev–Trinajstić information content (AvgIpc) is 2.35. The summed E-state index contributed by atoms with van der Waals surface area (Å²) in [5, 5.41) is 0. The number of hydrogen-bond acceptors (Lipinski definition) is 3. The summed E-state index contributed by atoms with van der Waals surface area (Å²) in [7, 11) is -6.13. The Labute approximate surface area is 124 Å². The Morgan fingerprint density at radius 3 is 1.60 bits per heavy atom. The molecule has 1 rings (SSSR count). The summed E-state index contributed by atoms with van der Waals surface area (Å²) in [6.07, 6.45) is 0. The highest BCUT2D eigenvalue weighted by atomic mass is 32.2. The van der Waals surface area contributed by atoms with Crippen LogP contribution in [0.25, 0.3) is 0 Å². The Balaban J connectivity index is 3.27. The summed E-state index contributed by atoms with van der Waals surface area (Å²) in [5.41, 5.74) is 0.711. The van der Waals surface area contributed by atoms with Gasteiger partial charge in [-0.05, 0) is 28.8 Å². The molecule has 0 aliphatic heterocycles. The topological polar surface area (TPSA) is 43.4 Å². The van der Waals surface area contributed by atoms with Crippen LogP contribution in [0.15, 0.2) is 35.2 Å². The summed E-state index contributed by atoms with van der Waals surface area (Å²) in [6.45, 7) is 12.5. The maximum absolute atomic E-state index is 12.6. The van der Waals surface area contributed by atoms with Gasteiger partial charge in [-0.2, -0.15) is 8.42 Å².